The first-order valence-corrected chi connectivity index (χ1v) is 6.34. The van der Waals surface area contributed by atoms with Gasteiger partial charge in [0, 0.05) is 18.3 Å². The van der Waals surface area contributed by atoms with E-state index in [9.17, 15) is 0 Å². The maximum Gasteiger partial charge on any atom is 0.104 e. The third-order valence-corrected chi connectivity index (χ3v) is 3.64. The number of aromatic nitrogens is 2. The molecule has 18 heavy (non-hydrogen) atoms. The quantitative estimate of drug-likeness (QED) is 0.871. The summed E-state index contributed by atoms with van der Waals surface area (Å²) in [5.74, 6) is 0.950. The van der Waals surface area contributed by atoms with E-state index in [0.29, 0.717) is 6.54 Å². The standard InChI is InChI=1S/C14H22N4/c1-10-16-12-6-5-11(9-13(12)17-10)18(4)14(2,3)7-8-15/h5-6,9H,7-8,15H2,1-4H3,(H,16,17). The van der Waals surface area contributed by atoms with Crippen LogP contribution >= 0.6 is 0 Å². The predicted molar refractivity (Wildman–Crippen MR) is 77.0 cm³/mol. The first-order chi connectivity index (χ1) is 8.44. The third-order valence-electron chi connectivity index (χ3n) is 3.64. The SMILES string of the molecule is Cc1nc2ccc(N(C)C(C)(C)CCN)cc2[nH]1. The second-order valence-electron chi connectivity index (χ2n) is 5.43. The minimum atomic E-state index is 0.0531. The van der Waals surface area contributed by atoms with Crippen molar-refractivity contribution in [2.45, 2.75) is 32.7 Å². The van der Waals surface area contributed by atoms with Gasteiger partial charge in [-0.2, -0.15) is 0 Å². The van der Waals surface area contributed by atoms with E-state index in [1.165, 1.54) is 5.69 Å². The monoisotopic (exact) mass is 246 g/mol. The maximum absolute atomic E-state index is 5.68. The Labute approximate surface area is 108 Å². The molecular weight excluding hydrogens is 224 g/mol. The molecule has 1 aromatic carbocycles. The molecule has 0 aliphatic rings. The van der Waals surface area contributed by atoms with Crippen LogP contribution in [-0.4, -0.2) is 29.1 Å². The fraction of sp³-hybridized carbons (Fsp3) is 0.500. The number of hydrogen-bond donors (Lipinski definition) is 2. The lowest BCUT2D eigenvalue weighted by molar-refractivity contribution is 0.456. The van der Waals surface area contributed by atoms with Crippen molar-refractivity contribution in [2.24, 2.45) is 5.73 Å². The molecule has 0 spiro atoms. The van der Waals surface area contributed by atoms with Gasteiger partial charge in [-0.15, -0.1) is 0 Å². The molecule has 2 rings (SSSR count). The molecule has 2 aromatic rings. The molecule has 4 heteroatoms. The fourth-order valence-corrected chi connectivity index (χ4v) is 2.20. The van der Waals surface area contributed by atoms with Crippen molar-refractivity contribution in [1.82, 2.24) is 9.97 Å². The van der Waals surface area contributed by atoms with Crippen LogP contribution in [0.5, 0.6) is 0 Å². The summed E-state index contributed by atoms with van der Waals surface area (Å²) in [6.07, 6.45) is 0.962. The third kappa shape index (κ3) is 2.34. The molecule has 0 radical (unpaired) electrons. The molecule has 0 bridgehead atoms. The van der Waals surface area contributed by atoms with Crippen molar-refractivity contribution in [3.05, 3.63) is 24.0 Å². The van der Waals surface area contributed by atoms with E-state index in [0.717, 1.165) is 23.3 Å². The zero-order valence-corrected chi connectivity index (χ0v) is 11.6. The van der Waals surface area contributed by atoms with Gasteiger partial charge >= 0.3 is 0 Å². The van der Waals surface area contributed by atoms with Gasteiger partial charge in [0.2, 0.25) is 0 Å². The number of aromatic amines is 1. The van der Waals surface area contributed by atoms with Gasteiger partial charge in [0.15, 0.2) is 0 Å². The second kappa shape index (κ2) is 4.61. The molecular formula is C14H22N4. The van der Waals surface area contributed by atoms with Gasteiger partial charge in [-0.05, 0) is 51.9 Å². The van der Waals surface area contributed by atoms with Gasteiger partial charge in [0.1, 0.15) is 5.82 Å². The second-order valence-corrected chi connectivity index (χ2v) is 5.43. The first-order valence-electron chi connectivity index (χ1n) is 6.34. The van der Waals surface area contributed by atoms with Crippen LogP contribution in [-0.2, 0) is 0 Å². The van der Waals surface area contributed by atoms with Gasteiger partial charge in [-0.3, -0.25) is 0 Å². The summed E-state index contributed by atoms with van der Waals surface area (Å²) in [5.41, 5.74) is 9.02. The largest absolute Gasteiger partial charge is 0.369 e. The number of rotatable bonds is 4. The molecule has 0 unspecified atom stereocenters. The highest BCUT2D eigenvalue weighted by atomic mass is 15.2. The van der Waals surface area contributed by atoms with Crippen LogP contribution in [0.3, 0.4) is 0 Å². The topological polar surface area (TPSA) is 57.9 Å². The number of anilines is 1. The van der Waals surface area contributed by atoms with Crippen LogP contribution in [0.4, 0.5) is 5.69 Å². The molecule has 0 amide bonds. The van der Waals surface area contributed by atoms with Gasteiger partial charge in [-0.1, -0.05) is 0 Å². The number of nitrogens with zero attached hydrogens (tertiary/aromatic N) is 2. The van der Waals surface area contributed by atoms with Gasteiger partial charge in [0.05, 0.1) is 11.0 Å². The maximum atomic E-state index is 5.68. The summed E-state index contributed by atoms with van der Waals surface area (Å²) in [5, 5.41) is 0. The van der Waals surface area contributed by atoms with Crippen molar-refractivity contribution in [2.75, 3.05) is 18.5 Å². The van der Waals surface area contributed by atoms with E-state index in [1.807, 2.05) is 6.92 Å². The van der Waals surface area contributed by atoms with Gasteiger partial charge < -0.3 is 15.6 Å². The Morgan fingerprint density at radius 1 is 1.39 bits per heavy atom. The minimum Gasteiger partial charge on any atom is -0.369 e. The van der Waals surface area contributed by atoms with Crippen molar-refractivity contribution in [1.29, 1.82) is 0 Å². The van der Waals surface area contributed by atoms with Crippen LogP contribution in [0.2, 0.25) is 0 Å². The molecule has 0 fully saturated rings. The number of nitrogens with one attached hydrogen (secondary N) is 1. The normalized spacial score (nSPS) is 12.1. The lowest BCUT2D eigenvalue weighted by Gasteiger charge is -2.37. The Kier molecular flexibility index (Phi) is 3.30. The summed E-state index contributed by atoms with van der Waals surface area (Å²) in [6.45, 7) is 7.09. The van der Waals surface area contributed by atoms with Crippen LogP contribution in [0.25, 0.3) is 11.0 Å². The molecule has 0 atom stereocenters. The number of benzene rings is 1. The summed E-state index contributed by atoms with van der Waals surface area (Å²) in [7, 11) is 2.11. The van der Waals surface area contributed by atoms with Crippen molar-refractivity contribution < 1.29 is 0 Å². The Morgan fingerprint density at radius 3 is 2.78 bits per heavy atom. The van der Waals surface area contributed by atoms with Crippen LogP contribution < -0.4 is 10.6 Å². The van der Waals surface area contributed by atoms with Crippen molar-refractivity contribution in [3.63, 3.8) is 0 Å². The van der Waals surface area contributed by atoms with E-state index in [4.69, 9.17) is 5.73 Å². The highest BCUT2D eigenvalue weighted by Gasteiger charge is 2.23. The highest BCUT2D eigenvalue weighted by molar-refractivity contribution is 5.79. The Hall–Kier alpha value is -1.55. The fourth-order valence-electron chi connectivity index (χ4n) is 2.20. The predicted octanol–water partition coefficient (Wildman–Crippen LogP) is 2.43. The zero-order valence-electron chi connectivity index (χ0n) is 11.6. The molecule has 1 aromatic heterocycles. The molecule has 98 valence electrons. The summed E-state index contributed by atoms with van der Waals surface area (Å²) >= 11 is 0. The Balaban J connectivity index is 2.35. The molecule has 3 N–H and O–H groups in total. The van der Waals surface area contributed by atoms with Crippen LogP contribution in [0.15, 0.2) is 18.2 Å². The van der Waals surface area contributed by atoms with E-state index < -0.39 is 0 Å². The van der Waals surface area contributed by atoms with E-state index in [1.54, 1.807) is 0 Å². The Bertz CT molecular complexity index is 542. The number of fused-ring (bicyclic) bond motifs is 1. The minimum absolute atomic E-state index is 0.0531. The summed E-state index contributed by atoms with van der Waals surface area (Å²) in [4.78, 5) is 9.97. The number of H-pyrrole nitrogens is 1. The average molecular weight is 246 g/mol. The van der Waals surface area contributed by atoms with E-state index >= 15 is 0 Å². The number of hydrogen-bond acceptors (Lipinski definition) is 3. The Morgan fingerprint density at radius 2 is 2.11 bits per heavy atom. The molecule has 1 heterocycles. The van der Waals surface area contributed by atoms with Gasteiger partial charge in [-0.25, -0.2) is 4.98 Å². The van der Waals surface area contributed by atoms with Crippen LogP contribution in [0, 0.1) is 6.92 Å². The van der Waals surface area contributed by atoms with Crippen LogP contribution in [0.1, 0.15) is 26.1 Å². The average Bonchev–Trinajstić information content (AvgIpc) is 2.66. The van der Waals surface area contributed by atoms with Crippen molar-refractivity contribution >= 4 is 16.7 Å². The number of nitrogens with two attached hydrogens (primary N) is 1. The summed E-state index contributed by atoms with van der Waals surface area (Å²) in [6, 6.07) is 6.32. The smallest absolute Gasteiger partial charge is 0.104 e. The molecule has 0 aliphatic heterocycles. The zero-order chi connectivity index (χ0) is 13.3. The molecule has 0 saturated heterocycles. The lowest BCUT2D eigenvalue weighted by Crippen LogP contribution is -2.42. The number of aryl methyl sites for hydroxylation is 1. The lowest BCUT2D eigenvalue weighted by atomic mass is 9.98. The first kappa shape index (κ1) is 12.9. The summed E-state index contributed by atoms with van der Waals surface area (Å²) < 4.78 is 0. The molecule has 0 aliphatic carbocycles. The number of imidazole rings is 1. The van der Waals surface area contributed by atoms with E-state index in [-0.39, 0.29) is 5.54 Å². The molecule has 0 saturated carbocycles. The van der Waals surface area contributed by atoms with Gasteiger partial charge in [0.25, 0.3) is 0 Å². The highest BCUT2D eigenvalue weighted by Crippen LogP contribution is 2.27. The molecule has 4 nitrogen and oxygen atoms in total. The van der Waals surface area contributed by atoms with Crippen molar-refractivity contribution in [3.8, 4) is 0 Å². The van der Waals surface area contributed by atoms with E-state index in [2.05, 4.69) is 54.0 Å².